The van der Waals surface area contributed by atoms with Gasteiger partial charge < -0.3 is 10.2 Å². The minimum absolute atomic E-state index is 0.0387. The second-order valence-corrected chi connectivity index (χ2v) is 8.00. The highest BCUT2D eigenvalue weighted by Crippen LogP contribution is 2.23. The van der Waals surface area contributed by atoms with Crippen molar-refractivity contribution in [3.63, 3.8) is 0 Å². The number of piperidine rings is 1. The summed E-state index contributed by atoms with van der Waals surface area (Å²) in [5.74, 6) is 1.81. The molecule has 2 heterocycles. The van der Waals surface area contributed by atoms with Crippen LogP contribution >= 0.6 is 0 Å². The smallest absolute Gasteiger partial charge is 0.269 e. The van der Waals surface area contributed by atoms with E-state index in [4.69, 9.17) is 0 Å². The number of carbonyl (C=O) groups is 1. The fraction of sp³-hybridized carbons (Fsp3) is 0.292. The first-order chi connectivity index (χ1) is 15.5. The van der Waals surface area contributed by atoms with Gasteiger partial charge in [-0.05, 0) is 49.9 Å². The Morgan fingerprint density at radius 1 is 1.09 bits per heavy atom. The van der Waals surface area contributed by atoms with Crippen LogP contribution in [0.2, 0.25) is 0 Å². The molecule has 0 atom stereocenters. The van der Waals surface area contributed by atoms with E-state index in [1.165, 1.54) is 12.1 Å². The van der Waals surface area contributed by atoms with E-state index < -0.39 is 4.92 Å². The van der Waals surface area contributed by atoms with Crippen LogP contribution in [0.25, 0.3) is 11.4 Å². The van der Waals surface area contributed by atoms with Crippen molar-refractivity contribution in [2.45, 2.75) is 19.8 Å². The van der Waals surface area contributed by atoms with Gasteiger partial charge >= 0.3 is 0 Å². The normalized spacial score (nSPS) is 14.2. The van der Waals surface area contributed by atoms with E-state index in [-0.39, 0.29) is 11.6 Å². The molecule has 1 fully saturated rings. The maximum absolute atomic E-state index is 12.6. The van der Waals surface area contributed by atoms with Gasteiger partial charge in [0.15, 0.2) is 5.82 Å². The lowest BCUT2D eigenvalue weighted by molar-refractivity contribution is -0.384. The van der Waals surface area contributed by atoms with Gasteiger partial charge in [-0.15, -0.1) is 0 Å². The third kappa shape index (κ3) is 5.08. The van der Waals surface area contributed by atoms with Gasteiger partial charge in [0.2, 0.25) is 0 Å². The summed E-state index contributed by atoms with van der Waals surface area (Å²) in [5.41, 5.74) is 2.32. The first-order valence-electron chi connectivity index (χ1n) is 10.7. The molecular formula is C24H25N5O3. The quantitative estimate of drug-likeness (QED) is 0.461. The minimum Gasteiger partial charge on any atom is -0.370 e. The SMILES string of the molecule is Cc1cc(NCC2CCN(C(=O)c3ccccc3)CC2)nc(-c2ccc([N+](=O)[O-])cc2)n1. The molecule has 1 saturated heterocycles. The first kappa shape index (κ1) is 21.4. The van der Waals surface area contributed by atoms with Crippen LogP contribution < -0.4 is 5.32 Å². The molecule has 0 radical (unpaired) electrons. The second kappa shape index (κ2) is 9.55. The van der Waals surface area contributed by atoms with Gasteiger partial charge in [0.05, 0.1) is 4.92 Å². The Kier molecular flexibility index (Phi) is 6.39. The third-order valence-electron chi connectivity index (χ3n) is 5.68. The number of nitrogens with zero attached hydrogens (tertiary/aromatic N) is 4. The standard InChI is InChI=1S/C24H25N5O3/c1-17-15-22(27-23(26-17)19-7-9-21(10-8-19)29(31)32)25-16-18-11-13-28(14-12-18)24(30)20-5-3-2-4-6-20/h2-10,15,18H,11-14,16H2,1H3,(H,25,26,27). The van der Waals surface area contributed by atoms with Crippen LogP contribution in [0.1, 0.15) is 28.9 Å². The average molecular weight is 431 g/mol. The number of nitrogens with one attached hydrogen (secondary N) is 1. The Morgan fingerprint density at radius 3 is 2.44 bits per heavy atom. The Hall–Kier alpha value is -3.81. The highest BCUT2D eigenvalue weighted by molar-refractivity contribution is 5.94. The zero-order chi connectivity index (χ0) is 22.5. The molecule has 1 aromatic heterocycles. The van der Waals surface area contributed by atoms with Crippen molar-refractivity contribution in [2.24, 2.45) is 5.92 Å². The summed E-state index contributed by atoms with van der Waals surface area (Å²) in [4.78, 5) is 34.0. The summed E-state index contributed by atoms with van der Waals surface area (Å²) in [6.45, 7) is 4.16. The van der Waals surface area contributed by atoms with Crippen molar-refractivity contribution < 1.29 is 9.72 Å². The van der Waals surface area contributed by atoms with Gasteiger partial charge in [0.25, 0.3) is 11.6 Å². The fourth-order valence-electron chi connectivity index (χ4n) is 3.87. The van der Waals surface area contributed by atoms with Gasteiger partial charge in [-0.25, -0.2) is 9.97 Å². The third-order valence-corrected chi connectivity index (χ3v) is 5.68. The highest BCUT2D eigenvalue weighted by atomic mass is 16.6. The highest BCUT2D eigenvalue weighted by Gasteiger charge is 2.23. The summed E-state index contributed by atoms with van der Waals surface area (Å²) < 4.78 is 0. The zero-order valence-electron chi connectivity index (χ0n) is 17.9. The maximum Gasteiger partial charge on any atom is 0.269 e. The molecule has 1 aliphatic heterocycles. The minimum atomic E-state index is -0.424. The number of benzene rings is 2. The van der Waals surface area contributed by atoms with Crippen LogP contribution in [0.5, 0.6) is 0 Å². The van der Waals surface area contributed by atoms with Crippen molar-refractivity contribution in [1.82, 2.24) is 14.9 Å². The lowest BCUT2D eigenvalue weighted by atomic mass is 9.96. The summed E-state index contributed by atoms with van der Waals surface area (Å²) in [5, 5.41) is 14.3. The molecule has 1 N–H and O–H groups in total. The molecule has 0 aliphatic carbocycles. The molecule has 1 amide bonds. The summed E-state index contributed by atoms with van der Waals surface area (Å²) >= 11 is 0. The van der Waals surface area contributed by atoms with Crippen LogP contribution in [-0.2, 0) is 0 Å². The number of anilines is 1. The number of likely N-dealkylation sites (tertiary alicyclic amines) is 1. The molecule has 3 aromatic rings. The van der Waals surface area contributed by atoms with Crippen molar-refractivity contribution in [1.29, 1.82) is 0 Å². The number of amides is 1. The van der Waals surface area contributed by atoms with E-state index in [2.05, 4.69) is 15.3 Å². The Bertz CT molecular complexity index is 1090. The van der Waals surface area contributed by atoms with E-state index in [0.717, 1.165) is 55.1 Å². The Labute approximate surface area is 186 Å². The van der Waals surface area contributed by atoms with Crippen molar-refractivity contribution in [3.05, 3.63) is 82.0 Å². The number of non-ortho nitro benzene ring substituents is 1. The van der Waals surface area contributed by atoms with E-state index in [9.17, 15) is 14.9 Å². The van der Waals surface area contributed by atoms with Gasteiger partial charge in [-0.2, -0.15) is 0 Å². The van der Waals surface area contributed by atoms with E-state index in [1.54, 1.807) is 12.1 Å². The molecule has 2 aromatic carbocycles. The number of carbonyl (C=O) groups excluding carboxylic acids is 1. The lowest BCUT2D eigenvalue weighted by Gasteiger charge is -2.32. The van der Waals surface area contributed by atoms with Crippen molar-refractivity contribution >= 4 is 17.4 Å². The molecule has 0 unspecified atom stereocenters. The number of aryl methyl sites for hydroxylation is 1. The van der Waals surface area contributed by atoms with Gasteiger partial charge in [-0.1, -0.05) is 18.2 Å². The van der Waals surface area contributed by atoms with Crippen molar-refractivity contribution in [2.75, 3.05) is 25.0 Å². The number of nitro benzene ring substituents is 1. The summed E-state index contributed by atoms with van der Waals surface area (Å²) in [6.07, 6.45) is 1.87. The largest absolute Gasteiger partial charge is 0.370 e. The molecule has 4 rings (SSSR count). The van der Waals surface area contributed by atoms with E-state index in [1.807, 2.05) is 48.2 Å². The molecule has 1 aliphatic rings. The van der Waals surface area contributed by atoms with Crippen LogP contribution in [0, 0.1) is 23.0 Å². The zero-order valence-corrected chi connectivity index (χ0v) is 17.9. The summed E-state index contributed by atoms with van der Waals surface area (Å²) in [7, 11) is 0. The molecule has 164 valence electrons. The second-order valence-electron chi connectivity index (χ2n) is 8.00. The fourth-order valence-corrected chi connectivity index (χ4v) is 3.87. The van der Waals surface area contributed by atoms with E-state index in [0.29, 0.717) is 11.7 Å². The predicted octanol–water partition coefficient (Wildman–Crippen LogP) is 4.32. The maximum atomic E-state index is 12.6. The molecule has 8 heteroatoms. The number of aromatic nitrogens is 2. The number of rotatable bonds is 6. The topological polar surface area (TPSA) is 101 Å². The van der Waals surface area contributed by atoms with E-state index >= 15 is 0 Å². The predicted molar refractivity (Wildman–Crippen MR) is 122 cm³/mol. The van der Waals surface area contributed by atoms with Gasteiger partial charge in [0.1, 0.15) is 5.82 Å². The van der Waals surface area contributed by atoms with Crippen LogP contribution in [0.15, 0.2) is 60.7 Å². The number of hydrogen-bond acceptors (Lipinski definition) is 6. The average Bonchev–Trinajstić information content (AvgIpc) is 2.83. The van der Waals surface area contributed by atoms with Crippen LogP contribution in [0.3, 0.4) is 0 Å². The van der Waals surface area contributed by atoms with Crippen molar-refractivity contribution in [3.8, 4) is 11.4 Å². The van der Waals surface area contributed by atoms with Gasteiger partial charge in [0, 0.05) is 54.7 Å². The molecule has 0 bridgehead atoms. The molecule has 0 saturated carbocycles. The monoisotopic (exact) mass is 431 g/mol. The molecule has 8 nitrogen and oxygen atoms in total. The lowest BCUT2D eigenvalue weighted by Crippen LogP contribution is -2.39. The number of nitro groups is 1. The van der Waals surface area contributed by atoms with Crippen LogP contribution in [0.4, 0.5) is 11.5 Å². The van der Waals surface area contributed by atoms with Crippen LogP contribution in [-0.4, -0.2) is 45.3 Å². The molecular weight excluding hydrogens is 406 g/mol. The Balaban J connectivity index is 1.34. The van der Waals surface area contributed by atoms with Gasteiger partial charge in [-0.3, -0.25) is 14.9 Å². The Morgan fingerprint density at radius 2 is 1.78 bits per heavy atom. The molecule has 0 spiro atoms. The molecule has 32 heavy (non-hydrogen) atoms. The number of hydrogen-bond donors (Lipinski definition) is 1. The first-order valence-corrected chi connectivity index (χ1v) is 10.7. The summed E-state index contributed by atoms with van der Waals surface area (Å²) in [6, 6.07) is 17.5.